The minimum atomic E-state index is -3.65. The van der Waals surface area contributed by atoms with E-state index in [1.165, 1.54) is 6.92 Å². The second kappa shape index (κ2) is 7.26. The van der Waals surface area contributed by atoms with Gasteiger partial charge < -0.3 is 0 Å². The third-order valence-corrected chi connectivity index (χ3v) is 4.66. The Balaban J connectivity index is 2.48. The maximum Gasteiger partial charge on any atom is 0.368 e. The van der Waals surface area contributed by atoms with Crippen LogP contribution in [0.5, 0.6) is 0 Å². The molecule has 2 aromatic rings. The van der Waals surface area contributed by atoms with Crippen LogP contribution in [0.15, 0.2) is 16.9 Å². The van der Waals surface area contributed by atoms with E-state index in [-0.39, 0.29) is 35.1 Å². The second-order valence-electron chi connectivity index (χ2n) is 4.73. The lowest BCUT2D eigenvalue weighted by atomic mass is 10.2. The molecule has 24 heavy (non-hydrogen) atoms. The summed E-state index contributed by atoms with van der Waals surface area (Å²) in [4.78, 5) is 12.1. The van der Waals surface area contributed by atoms with Crippen LogP contribution in [0.3, 0.4) is 0 Å². The second-order valence-corrected chi connectivity index (χ2v) is 7.15. The highest BCUT2D eigenvalue weighted by molar-refractivity contribution is 7.92. The van der Waals surface area contributed by atoms with E-state index in [4.69, 9.17) is 11.6 Å². The average molecular weight is 382 g/mol. The minimum Gasteiger partial charge on any atom is -0.282 e. The first kappa shape index (κ1) is 18.3. The lowest BCUT2D eigenvalue weighted by molar-refractivity contribution is 0.427. The summed E-state index contributed by atoms with van der Waals surface area (Å²) >= 11 is 5.83. The molecule has 132 valence electrons. The average Bonchev–Trinajstić information content (AvgIpc) is 2.89. The fourth-order valence-corrected chi connectivity index (χ4v) is 2.69. The highest BCUT2D eigenvalue weighted by Gasteiger charge is 2.18. The topological polar surface area (TPSA) is 98.9 Å². The highest BCUT2D eigenvalue weighted by atomic mass is 35.5. The van der Waals surface area contributed by atoms with Crippen LogP contribution >= 0.6 is 11.6 Å². The van der Waals surface area contributed by atoms with Crippen molar-refractivity contribution in [2.45, 2.75) is 19.9 Å². The summed E-state index contributed by atoms with van der Waals surface area (Å²) in [6.45, 7) is 0.763. The number of hydrogen-bond acceptors (Lipinski definition) is 5. The lowest BCUT2D eigenvalue weighted by Gasteiger charge is -2.10. The number of tetrazole rings is 1. The van der Waals surface area contributed by atoms with Crippen molar-refractivity contribution in [2.24, 2.45) is 0 Å². The number of benzene rings is 1. The van der Waals surface area contributed by atoms with Gasteiger partial charge in [0.2, 0.25) is 10.0 Å². The molecule has 2 rings (SSSR count). The van der Waals surface area contributed by atoms with Crippen LogP contribution in [-0.4, -0.2) is 40.6 Å². The van der Waals surface area contributed by atoms with Gasteiger partial charge in [0.15, 0.2) is 5.82 Å². The van der Waals surface area contributed by atoms with Crippen molar-refractivity contribution in [3.05, 3.63) is 33.5 Å². The van der Waals surface area contributed by atoms with Gasteiger partial charge in [0.25, 0.3) is 0 Å². The van der Waals surface area contributed by atoms with Gasteiger partial charge in [-0.1, -0.05) is 11.6 Å². The molecule has 0 radical (unpaired) electrons. The molecule has 8 nitrogen and oxygen atoms in total. The zero-order chi connectivity index (χ0) is 17.9. The van der Waals surface area contributed by atoms with E-state index in [0.717, 1.165) is 16.8 Å². The number of nitrogens with zero attached hydrogens (tertiary/aromatic N) is 4. The summed E-state index contributed by atoms with van der Waals surface area (Å²) in [5, 5.41) is 6.87. The van der Waals surface area contributed by atoms with Crippen molar-refractivity contribution in [2.75, 3.05) is 17.1 Å². The standard InChI is InChI=1S/C12H14ClF2N5O3S/c1-2-24(22,23)16-10-7-11(9(15)6-8(10)13)20-12(21)19(17-18-20)5-3-4-14/h6-7,16H,2-5H2,1H3. The molecule has 0 unspecified atom stereocenters. The summed E-state index contributed by atoms with van der Waals surface area (Å²) in [7, 11) is -3.65. The zero-order valence-corrected chi connectivity index (χ0v) is 14.1. The van der Waals surface area contributed by atoms with Crippen LogP contribution in [0, 0.1) is 5.82 Å². The molecule has 0 aliphatic carbocycles. The summed E-state index contributed by atoms with van der Waals surface area (Å²) in [6.07, 6.45) is 0.0588. The molecule has 0 amide bonds. The van der Waals surface area contributed by atoms with Gasteiger partial charge in [0, 0.05) is 0 Å². The molecule has 0 atom stereocenters. The lowest BCUT2D eigenvalue weighted by Crippen LogP contribution is -2.25. The number of aryl methyl sites for hydroxylation is 1. The molecule has 1 aromatic heterocycles. The highest BCUT2D eigenvalue weighted by Crippen LogP contribution is 2.27. The molecule has 0 aliphatic rings. The molecule has 1 heterocycles. The van der Waals surface area contributed by atoms with Gasteiger partial charge in [-0.25, -0.2) is 17.6 Å². The van der Waals surface area contributed by atoms with Crippen LogP contribution in [0.2, 0.25) is 5.02 Å². The van der Waals surface area contributed by atoms with E-state index in [1.54, 1.807) is 0 Å². The van der Waals surface area contributed by atoms with Crippen molar-refractivity contribution in [3.63, 3.8) is 0 Å². The Morgan fingerprint density at radius 1 is 1.33 bits per heavy atom. The Hall–Kier alpha value is -2.01. The maximum absolute atomic E-state index is 14.1. The van der Waals surface area contributed by atoms with E-state index in [2.05, 4.69) is 15.1 Å². The first-order valence-electron chi connectivity index (χ1n) is 6.87. The smallest absolute Gasteiger partial charge is 0.282 e. The number of hydrogen-bond donors (Lipinski definition) is 1. The van der Waals surface area contributed by atoms with E-state index in [1.807, 2.05) is 0 Å². The maximum atomic E-state index is 14.1. The molecule has 0 saturated carbocycles. The van der Waals surface area contributed by atoms with Gasteiger partial charge in [0.05, 0.1) is 29.7 Å². The molecular weight excluding hydrogens is 368 g/mol. The number of alkyl halides is 1. The largest absolute Gasteiger partial charge is 0.368 e. The summed E-state index contributed by atoms with van der Waals surface area (Å²) in [6, 6.07) is 1.90. The third-order valence-electron chi connectivity index (χ3n) is 3.05. The monoisotopic (exact) mass is 381 g/mol. The predicted molar refractivity (Wildman–Crippen MR) is 84.3 cm³/mol. The SMILES string of the molecule is CCS(=O)(=O)Nc1cc(-n2nnn(CCCF)c2=O)c(F)cc1Cl. The Kier molecular flexibility index (Phi) is 5.54. The third kappa shape index (κ3) is 3.90. The van der Waals surface area contributed by atoms with Crippen molar-refractivity contribution in [1.29, 1.82) is 0 Å². The van der Waals surface area contributed by atoms with E-state index >= 15 is 0 Å². The quantitative estimate of drug-likeness (QED) is 0.780. The number of halogens is 3. The van der Waals surface area contributed by atoms with E-state index < -0.39 is 28.2 Å². The molecule has 1 aromatic carbocycles. The van der Waals surface area contributed by atoms with Gasteiger partial charge in [-0.15, -0.1) is 0 Å². The van der Waals surface area contributed by atoms with Gasteiger partial charge in [0.1, 0.15) is 5.69 Å². The summed E-state index contributed by atoms with van der Waals surface area (Å²) in [5.41, 5.74) is -1.21. The number of sulfonamides is 1. The Bertz CT molecular complexity index is 897. The van der Waals surface area contributed by atoms with Crippen molar-refractivity contribution < 1.29 is 17.2 Å². The number of rotatable bonds is 7. The Labute approximate surface area is 141 Å². The van der Waals surface area contributed by atoms with Gasteiger partial charge in [-0.2, -0.15) is 9.36 Å². The Morgan fingerprint density at radius 3 is 2.67 bits per heavy atom. The minimum absolute atomic E-state index is 0.0140. The molecule has 0 spiro atoms. The predicted octanol–water partition coefficient (Wildman–Crippen LogP) is 1.34. The molecule has 0 fully saturated rings. The molecule has 12 heteroatoms. The van der Waals surface area contributed by atoms with Crippen molar-refractivity contribution >= 4 is 27.3 Å². The van der Waals surface area contributed by atoms with Crippen LogP contribution in [0.25, 0.3) is 5.69 Å². The van der Waals surface area contributed by atoms with Gasteiger partial charge in [-0.3, -0.25) is 9.11 Å². The number of aromatic nitrogens is 4. The summed E-state index contributed by atoms with van der Waals surface area (Å²) in [5.74, 6) is -1.10. The first-order valence-corrected chi connectivity index (χ1v) is 8.90. The van der Waals surface area contributed by atoms with Crippen molar-refractivity contribution in [3.8, 4) is 5.69 Å². The normalized spacial score (nSPS) is 11.7. The number of nitrogens with one attached hydrogen (secondary N) is 1. The van der Waals surface area contributed by atoms with Gasteiger partial charge >= 0.3 is 5.69 Å². The first-order chi connectivity index (χ1) is 11.3. The zero-order valence-electron chi connectivity index (χ0n) is 12.5. The molecule has 0 aliphatic heterocycles. The Morgan fingerprint density at radius 2 is 2.04 bits per heavy atom. The summed E-state index contributed by atoms with van der Waals surface area (Å²) < 4.78 is 53.3. The van der Waals surface area contributed by atoms with E-state index in [0.29, 0.717) is 4.68 Å². The van der Waals surface area contributed by atoms with Crippen LogP contribution in [0.4, 0.5) is 14.5 Å². The molecule has 1 N–H and O–H groups in total. The fraction of sp³-hybridized carbons (Fsp3) is 0.417. The van der Waals surface area contributed by atoms with Crippen molar-refractivity contribution in [1.82, 2.24) is 19.8 Å². The van der Waals surface area contributed by atoms with Crippen LogP contribution in [-0.2, 0) is 16.6 Å². The van der Waals surface area contributed by atoms with Gasteiger partial charge in [-0.05, 0) is 35.9 Å². The number of anilines is 1. The van der Waals surface area contributed by atoms with Crippen LogP contribution < -0.4 is 10.4 Å². The molecular formula is C12H14ClF2N5O3S. The fourth-order valence-electron chi connectivity index (χ4n) is 1.79. The molecule has 0 saturated heterocycles. The molecule has 0 bridgehead atoms. The van der Waals surface area contributed by atoms with Crippen LogP contribution in [0.1, 0.15) is 13.3 Å². The van der Waals surface area contributed by atoms with E-state index in [9.17, 15) is 22.0 Å².